The molecule has 0 saturated carbocycles. The van der Waals surface area contributed by atoms with E-state index < -0.39 is 0 Å². The number of anilines is 1. The highest BCUT2D eigenvalue weighted by molar-refractivity contribution is 5.90. The van der Waals surface area contributed by atoms with E-state index in [0.717, 1.165) is 22.3 Å². The summed E-state index contributed by atoms with van der Waals surface area (Å²) >= 11 is 0. The number of pyridine rings is 1. The highest BCUT2D eigenvalue weighted by atomic mass is 16.5. The van der Waals surface area contributed by atoms with Crippen LogP contribution in [0.3, 0.4) is 0 Å². The molecule has 4 nitrogen and oxygen atoms in total. The van der Waals surface area contributed by atoms with Gasteiger partial charge in [-0.3, -0.25) is 0 Å². The van der Waals surface area contributed by atoms with Crippen molar-refractivity contribution in [2.24, 2.45) is 0 Å². The molecule has 0 aliphatic carbocycles. The van der Waals surface area contributed by atoms with E-state index in [1.165, 1.54) is 0 Å². The zero-order valence-electron chi connectivity index (χ0n) is 10.7. The molecule has 2 aromatic heterocycles. The lowest BCUT2D eigenvalue weighted by molar-refractivity contribution is 0.396. The quantitative estimate of drug-likeness (QED) is 0.730. The zero-order chi connectivity index (χ0) is 13.2. The monoisotopic (exact) mass is 253 g/mol. The Balaban J connectivity index is 2.01. The van der Waals surface area contributed by atoms with Crippen molar-refractivity contribution in [2.75, 3.05) is 12.8 Å². The maximum atomic E-state index is 6.05. The third-order valence-corrected chi connectivity index (χ3v) is 3.14. The maximum absolute atomic E-state index is 6.05. The molecule has 4 heteroatoms. The van der Waals surface area contributed by atoms with Crippen LogP contribution in [0.25, 0.3) is 10.9 Å². The van der Waals surface area contributed by atoms with Crippen molar-refractivity contribution in [3.05, 3.63) is 54.4 Å². The summed E-state index contributed by atoms with van der Waals surface area (Å²) in [5.74, 6) is 0.627. The van der Waals surface area contributed by atoms with Crippen molar-refractivity contribution in [3.8, 4) is 5.88 Å². The van der Waals surface area contributed by atoms with Gasteiger partial charge in [0.15, 0.2) is 0 Å². The highest BCUT2D eigenvalue weighted by Crippen LogP contribution is 2.23. The Bertz CT molecular complexity index is 718. The minimum atomic E-state index is 0.627. The molecule has 0 amide bonds. The molecule has 96 valence electrons. The lowest BCUT2D eigenvalue weighted by Gasteiger charge is -2.08. The first-order valence-corrected chi connectivity index (χ1v) is 6.11. The Morgan fingerprint density at radius 2 is 2.00 bits per heavy atom. The van der Waals surface area contributed by atoms with Crippen LogP contribution in [-0.4, -0.2) is 16.7 Å². The SMILES string of the molecule is COc1cccc(Cn2ccc3cccc(N)c32)n1. The molecular formula is C15H15N3O. The second kappa shape index (κ2) is 4.65. The molecule has 3 aromatic rings. The van der Waals surface area contributed by atoms with Gasteiger partial charge in [0.1, 0.15) is 0 Å². The van der Waals surface area contributed by atoms with E-state index in [0.29, 0.717) is 12.4 Å². The van der Waals surface area contributed by atoms with Gasteiger partial charge in [0.25, 0.3) is 0 Å². The number of benzene rings is 1. The molecule has 0 fully saturated rings. The molecule has 0 atom stereocenters. The van der Waals surface area contributed by atoms with E-state index in [-0.39, 0.29) is 0 Å². The van der Waals surface area contributed by atoms with Gasteiger partial charge in [0.05, 0.1) is 30.6 Å². The fraction of sp³-hybridized carbons (Fsp3) is 0.133. The van der Waals surface area contributed by atoms with Gasteiger partial charge < -0.3 is 15.0 Å². The largest absolute Gasteiger partial charge is 0.481 e. The lowest BCUT2D eigenvalue weighted by Crippen LogP contribution is -2.02. The first-order valence-electron chi connectivity index (χ1n) is 6.11. The summed E-state index contributed by atoms with van der Waals surface area (Å²) in [7, 11) is 1.62. The summed E-state index contributed by atoms with van der Waals surface area (Å²) in [6, 6.07) is 13.8. The average molecular weight is 253 g/mol. The van der Waals surface area contributed by atoms with Crippen molar-refractivity contribution < 1.29 is 4.74 Å². The number of hydrogen-bond acceptors (Lipinski definition) is 3. The first-order chi connectivity index (χ1) is 9.28. The van der Waals surface area contributed by atoms with Crippen LogP contribution >= 0.6 is 0 Å². The Morgan fingerprint density at radius 3 is 2.84 bits per heavy atom. The van der Waals surface area contributed by atoms with Gasteiger partial charge in [-0.15, -0.1) is 0 Å². The van der Waals surface area contributed by atoms with Gasteiger partial charge in [0.2, 0.25) is 5.88 Å². The Labute approximate surface area is 111 Å². The van der Waals surface area contributed by atoms with Gasteiger partial charge in [-0.25, -0.2) is 4.98 Å². The summed E-state index contributed by atoms with van der Waals surface area (Å²) in [5.41, 5.74) is 8.82. The van der Waals surface area contributed by atoms with Crippen molar-refractivity contribution in [1.29, 1.82) is 0 Å². The van der Waals surface area contributed by atoms with Gasteiger partial charge in [-0.05, 0) is 18.2 Å². The Morgan fingerprint density at radius 1 is 1.16 bits per heavy atom. The standard InChI is InChI=1S/C15H15N3O/c1-19-14-7-3-5-12(17-14)10-18-9-8-11-4-2-6-13(16)15(11)18/h2-9H,10,16H2,1H3. The molecule has 2 heterocycles. The number of nitrogens with zero attached hydrogens (tertiary/aromatic N) is 2. The van der Waals surface area contributed by atoms with E-state index in [2.05, 4.69) is 21.7 Å². The fourth-order valence-electron chi connectivity index (χ4n) is 2.26. The topological polar surface area (TPSA) is 53.1 Å². The molecule has 0 bridgehead atoms. The second-order valence-corrected chi connectivity index (χ2v) is 4.40. The number of nitrogens with two attached hydrogens (primary N) is 1. The average Bonchev–Trinajstić information content (AvgIpc) is 2.84. The van der Waals surface area contributed by atoms with Crippen LogP contribution in [0, 0.1) is 0 Å². The number of aromatic nitrogens is 2. The number of fused-ring (bicyclic) bond motifs is 1. The summed E-state index contributed by atoms with van der Waals surface area (Å²) in [5, 5.41) is 1.14. The molecule has 0 radical (unpaired) electrons. The third-order valence-electron chi connectivity index (χ3n) is 3.14. The van der Waals surface area contributed by atoms with Crippen molar-refractivity contribution in [3.63, 3.8) is 0 Å². The molecular weight excluding hydrogens is 238 g/mol. The number of rotatable bonds is 3. The molecule has 3 rings (SSSR count). The number of ether oxygens (including phenoxy) is 1. The predicted octanol–water partition coefficient (Wildman–Crippen LogP) is 2.68. The third kappa shape index (κ3) is 2.12. The summed E-state index contributed by atoms with van der Waals surface area (Å²) in [6.45, 7) is 0.676. The molecule has 0 spiro atoms. The first kappa shape index (κ1) is 11.6. The zero-order valence-corrected chi connectivity index (χ0v) is 10.7. The molecule has 1 aromatic carbocycles. The summed E-state index contributed by atoms with van der Waals surface area (Å²) < 4.78 is 7.24. The van der Waals surface area contributed by atoms with Crippen molar-refractivity contribution >= 4 is 16.6 Å². The number of para-hydroxylation sites is 1. The minimum absolute atomic E-state index is 0.627. The molecule has 0 saturated heterocycles. The van der Waals surface area contributed by atoms with Crippen LogP contribution in [0.5, 0.6) is 5.88 Å². The number of methoxy groups -OCH3 is 1. The predicted molar refractivity (Wildman–Crippen MR) is 76.2 cm³/mol. The van der Waals surface area contributed by atoms with Gasteiger partial charge in [-0.1, -0.05) is 18.2 Å². The van der Waals surface area contributed by atoms with Gasteiger partial charge in [0, 0.05) is 17.6 Å². The van der Waals surface area contributed by atoms with E-state index in [9.17, 15) is 0 Å². The van der Waals surface area contributed by atoms with E-state index >= 15 is 0 Å². The fourth-order valence-corrected chi connectivity index (χ4v) is 2.26. The highest BCUT2D eigenvalue weighted by Gasteiger charge is 2.06. The smallest absolute Gasteiger partial charge is 0.213 e. The van der Waals surface area contributed by atoms with Gasteiger partial charge >= 0.3 is 0 Å². The molecule has 0 unspecified atom stereocenters. The van der Waals surface area contributed by atoms with E-state index in [4.69, 9.17) is 10.5 Å². The maximum Gasteiger partial charge on any atom is 0.213 e. The van der Waals surface area contributed by atoms with Crippen molar-refractivity contribution in [2.45, 2.75) is 6.54 Å². The Hall–Kier alpha value is -2.49. The summed E-state index contributed by atoms with van der Waals surface area (Å²) in [4.78, 5) is 4.42. The van der Waals surface area contributed by atoms with E-state index in [1.807, 2.05) is 36.5 Å². The molecule has 0 aliphatic rings. The van der Waals surface area contributed by atoms with Crippen LogP contribution in [0.1, 0.15) is 5.69 Å². The minimum Gasteiger partial charge on any atom is -0.481 e. The van der Waals surface area contributed by atoms with Crippen molar-refractivity contribution in [1.82, 2.24) is 9.55 Å². The van der Waals surface area contributed by atoms with Crippen LogP contribution < -0.4 is 10.5 Å². The van der Waals surface area contributed by atoms with Crippen LogP contribution in [0.2, 0.25) is 0 Å². The van der Waals surface area contributed by atoms with Crippen LogP contribution in [-0.2, 0) is 6.54 Å². The molecule has 0 aliphatic heterocycles. The normalized spacial score (nSPS) is 10.8. The van der Waals surface area contributed by atoms with Crippen LogP contribution in [0.15, 0.2) is 48.7 Å². The van der Waals surface area contributed by atoms with Crippen LogP contribution in [0.4, 0.5) is 5.69 Å². The summed E-state index contributed by atoms with van der Waals surface area (Å²) in [6.07, 6.45) is 2.03. The van der Waals surface area contributed by atoms with Gasteiger partial charge in [-0.2, -0.15) is 0 Å². The lowest BCUT2D eigenvalue weighted by atomic mass is 10.2. The van der Waals surface area contributed by atoms with E-state index in [1.54, 1.807) is 7.11 Å². The number of hydrogen-bond donors (Lipinski definition) is 1. The Kier molecular flexibility index (Phi) is 2.83. The molecule has 19 heavy (non-hydrogen) atoms. The second-order valence-electron chi connectivity index (χ2n) is 4.40. The molecule has 2 N–H and O–H groups in total. The number of nitrogen functional groups attached to an aromatic ring is 1.